The van der Waals surface area contributed by atoms with Crippen LogP contribution in [0.5, 0.6) is 5.75 Å². The van der Waals surface area contributed by atoms with Crippen molar-refractivity contribution >= 4 is 5.95 Å². The first-order chi connectivity index (χ1) is 11.8. The highest BCUT2D eigenvalue weighted by Crippen LogP contribution is 2.14. The van der Waals surface area contributed by atoms with E-state index in [1.807, 2.05) is 42.5 Å². The number of aryl methyl sites for hydroxylation is 1. The first kappa shape index (κ1) is 16.0. The molecule has 2 aromatic carbocycles. The van der Waals surface area contributed by atoms with Gasteiger partial charge in [-0.25, -0.2) is 0 Å². The first-order valence-corrected chi connectivity index (χ1v) is 8.11. The zero-order chi connectivity index (χ0) is 16.6. The third kappa shape index (κ3) is 4.55. The van der Waals surface area contributed by atoms with Crippen molar-refractivity contribution in [1.29, 1.82) is 0 Å². The quantitative estimate of drug-likeness (QED) is 0.689. The molecular weight excluding hydrogens is 302 g/mol. The van der Waals surface area contributed by atoms with Gasteiger partial charge < -0.3 is 10.1 Å². The fourth-order valence-corrected chi connectivity index (χ4v) is 2.23. The Hall–Kier alpha value is -2.89. The smallest absolute Gasteiger partial charge is 0.263 e. The highest BCUT2D eigenvalue weighted by Gasteiger charge is 2.02. The monoisotopic (exact) mass is 323 g/mol. The zero-order valence-electron chi connectivity index (χ0n) is 13.7. The van der Waals surface area contributed by atoms with Crippen molar-refractivity contribution in [3.8, 4) is 5.75 Å². The molecule has 1 aromatic heterocycles. The van der Waals surface area contributed by atoms with Crippen LogP contribution >= 0.6 is 0 Å². The lowest BCUT2D eigenvalue weighted by atomic mass is 10.2. The minimum absolute atomic E-state index is 0.549. The Balaban J connectivity index is 1.48. The fraction of sp³-hybridized carbons (Fsp3) is 0.278. The van der Waals surface area contributed by atoms with Crippen LogP contribution in [0.3, 0.4) is 0 Å². The molecule has 124 valence electrons. The van der Waals surface area contributed by atoms with Crippen molar-refractivity contribution in [2.45, 2.75) is 33.0 Å². The number of hydrogen-bond donors (Lipinski definition) is 1. The molecule has 3 rings (SSSR count). The van der Waals surface area contributed by atoms with E-state index in [0.717, 1.165) is 29.8 Å². The van der Waals surface area contributed by atoms with Crippen LogP contribution in [0.25, 0.3) is 0 Å². The number of aromatic nitrogens is 4. The largest absolute Gasteiger partial charge is 0.489 e. The lowest BCUT2D eigenvalue weighted by Gasteiger charge is -2.07. The van der Waals surface area contributed by atoms with Crippen LogP contribution in [0.4, 0.5) is 5.95 Å². The summed E-state index contributed by atoms with van der Waals surface area (Å²) >= 11 is 0. The molecule has 1 heterocycles. The maximum Gasteiger partial charge on any atom is 0.263 e. The minimum Gasteiger partial charge on any atom is -0.489 e. The Bertz CT molecular complexity index is 740. The molecule has 6 heteroatoms. The van der Waals surface area contributed by atoms with Gasteiger partial charge in [0.05, 0.1) is 6.54 Å². The van der Waals surface area contributed by atoms with Crippen LogP contribution in [-0.2, 0) is 19.7 Å². The number of benzene rings is 2. The summed E-state index contributed by atoms with van der Waals surface area (Å²) in [6.07, 6.45) is 0.986. The fourth-order valence-electron chi connectivity index (χ4n) is 2.23. The first-order valence-electron chi connectivity index (χ1n) is 8.11. The standard InChI is InChI=1S/C18H21N5O/c1-2-12-23-21-18(20-22-23)19-13-15-8-10-17(11-9-15)24-14-16-6-4-3-5-7-16/h3-11H,2,12-14H2,1H3,(H,19,21). The lowest BCUT2D eigenvalue weighted by Crippen LogP contribution is -2.03. The van der Waals surface area contributed by atoms with E-state index in [-0.39, 0.29) is 0 Å². The van der Waals surface area contributed by atoms with E-state index in [1.165, 1.54) is 0 Å². The molecule has 6 nitrogen and oxygen atoms in total. The molecule has 3 aromatic rings. The van der Waals surface area contributed by atoms with Crippen LogP contribution in [-0.4, -0.2) is 20.2 Å². The summed E-state index contributed by atoms with van der Waals surface area (Å²) in [5, 5.41) is 15.4. The molecule has 0 aliphatic rings. The van der Waals surface area contributed by atoms with Crippen molar-refractivity contribution in [3.05, 3.63) is 65.7 Å². The molecule has 0 saturated heterocycles. The van der Waals surface area contributed by atoms with E-state index in [9.17, 15) is 0 Å². The van der Waals surface area contributed by atoms with Crippen LogP contribution in [0.2, 0.25) is 0 Å². The van der Waals surface area contributed by atoms with Gasteiger partial charge >= 0.3 is 0 Å². The van der Waals surface area contributed by atoms with Crippen molar-refractivity contribution in [3.63, 3.8) is 0 Å². The number of hydrogen-bond acceptors (Lipinski definition) is 5. The minimum atomic E-state index is 0.549. The summed E-state index contributed by atoms with van der Waals surface area (Å²) in [4.78, 5) is 1.60. The molecule has 0 amide bonds. The van der Waals surface area contributed by atoms with E-state index < -0.39 is 0 Å². The van der Waals surface area contributed by atoms with Crippen molar-refractivity contribution in [1.82, 2.24) is 20.2 Å². The Labute approximate surface area is 141 Å². The molecule has 0 spiro atoms. The third-order valence-electron chi connectivity index (χ3n) is 3.50. The normalized spacial score (nSPS) is 10.5. The maximum absolute atomic E-state index is 5.78. The molecule has 0 bridgehead atoms. The van der Waals surface area contributed by atoms with E-state index in [1.54, 1.807) is 4.80 Å². The number of nitrogens with zero attached hydrogens (tertiary/aromatic N) is 4. The number of nitrogens with one attached hydrogen (secondary N) is 1. The summed E-state index contributed by atoms with van der Waals surface area (Å²) in [5.74, 6) is 1.41. The Morgan fingerprint density at radius 2 is 1.79 bits per heavy atom. The Morgan fingerprint density at radius 3 is 2.54 bits per heavy atom. The summed E-state index contributed by atoms with van der Waals surface area (Å²) in [7, 11) is 0. The van der Waals surface area contributed by atoms with Gasteiger partial charge in [0, 0.05) is 6.54 Å². The number of tetrazole rings is 1. The topological polar surface area (TPSA) is 64.9 Å². The number of ether oxygens (including phenoxy) is 1. The van der Waals surface area contributed by atoms with Crippen LogP contribution < -0.4 is 10.1 Å². The van der Waals surface area contributed by atoms with Gasteiger partial charge in [0.2, 0.25) is 0 Å². The number of anilines is 1. The molecule has 0 aliphatic heterocycles. The van der Waals surface area contributed by atoms with Gasteiger partial charge in [-0.2, -0.15) is 4.80 Å². The van der Waals surface area contributed by atoms with E-state index in [4.69, 9.17) is 4.74 Å². The van der Waals surface area contributed by atoms with E-state index in [2.05, 4.69) is 39.8 Å². The highest BCUT2D eigenvalue weighted by molar-refractivity contribution is 5.30. The van der Waals surface area contributed by atoms with Gasteiger partial charge in [-0.05, 0) is 34.9 Å². The Kier molecular flexibility index (Phi) is 5.40. The van der Waals surface area contributed by atoms with Crippen LogP contribution in [0, 0.1) is 0 Å². The highest BCUT2D eigenvalue weighted by atomic mass is 16.5. The number of rotatable bonds is 8. The molecule has 0 saturated carbocycles. The van der Waals surface area contributed by atoms with Crippen LogP contribution in [0.15, 0.2) is 54.6 Å². The average molecular weight is 323 g/mol. The maximum atomic E-state index is 5.78. The summed E-state index contributed by atoms with van der Waals surface area (Å²) < 4.78 is 5.78. The van der Waals surface area contributed by atoms with Crippen LogP contribution in [0.1, 0.15) is 24.5 Å². The molecule has 1 N–H and O–H groups in total. The van der Waals surface area contributed by atoms with Gasteiger partial charge in [0.15, 0.2) is 0 Å². The molecule has 0 radical (unpaired) electrons. The Morgan fingerprint density at radius 1 is 1.00 bits per heavy atom. The predicted molar refractivity (Wildman–Crippen MR) is 92.7 cm³/mol. The molecule has 0 aliphatic carbocycles. The molecule has 0 fully saturated rings. The van der Waals surface area contributed by atoms with E-state index in [0.29, 0.717) is 19.1 Å². The SMILES string of the molecule is CCCn1nnc(NCc2ccc(OCc3ccccc3)cc2)n1. The molecule has 24 heavy (non-hydrogen) atoms. The van der Waals surface area contributed by atoms with E-state index >= 15 is 0 Å². The second-order valence-electron chi connectivity index (χ2n) is 5.48. The van der Waals surface area contributed by atoms with Gasteiger partial charge in [0.1, 0.15) is 12.4 Å². The molecule has 0 atom stereocenters. The zero-order valence-corrected chi connectivity index (χ0v) is 13.7. The third-order valence-corrected chi connectivity index (χ3v) is 3.50. The summed E-state index contributed by atoms with van der Waals surface area (Å²) in [5.41, 5.74) is 2.29. The van der Waals surface area contributed by atoms with Crippen molar-refractivity contribution in [2.24, 2.45) is 0 Å². The van der Waals surface area contributed by atoms with Gasteiger partial charge in [-0.3, -0.25) is 0 Å². The van der Waals surface area contributed by atoms with Gasteiger partial charge in [-0.15, -0.1) is 5.10 Å². The molecular formula is C18H21N5O. The van der Waals surface area contributed by atoms with Gasteiger partial charge in [-0.1, -0.05) is 54.5 Å². The van der Waals surface area contributed by atoms with Crippen molar-refractivity contribution in [2.75, 3.05) is 5.32 Å². The second-order valence-corrected chi connectivity index (χ2v) is 5.48. The van der Waals surface area contributed by atoms with Crippen molar-refractivity contribution < 1.29 is 4.74 Å². The van der Waals surface area contributed by atoms with Gasteiger partial charge in [0.25, 0.3) is 5.95 Å². The summed E-state index contributed by atoms with van der Waals surface area (Å²) in [6.45, 7) is 4.08. The summed E-state index contributed by atoms with van der Waals surface area (Å²) in [6, 6.07) is 18.1. The molecule has 0 unspecified atom stereocenters. The lowest BCUT2D eigenvalue weighted by molar-refractivity contribution is 0.306. The average Bonchev–Trinajstić information content (AvgIpc) is 3.08. The predicted octanol–water partition coefficient (Wildman–Crippen LogP) is 3.27. The second kappa shape index (κ2) is 8.10.